The summed E-state index contributed by atoms with van der Waals surface area (Å²) < 4.78 is 0. The van der Waals surface area contributed by atoms with Gasteiger partial charge in [0.2, 0.25) is 0 Å². The summed E-state index contributed by atoms with van der Waals surface area (Å²) in [5.41, 5.74) is 2.81. The van der Waals surface area contributed by atoms with E-state index in [0.717, 1.165) is 19.5 Å². The summed E-state index contributed by atoms with van der Waals surface area (Å²) in [5, 5.41) is 0. The maximum atomic E-state index is 4.10. The number of aromatic nitrogens is 1. The van der Waals surface area contributed by atoms with E-state index in [1.165, 1.54) is 30.5 Å². The Morgan fingerprint density at radius 2 is 1.83 bits per heavy atom. The Kier molecular flexibility index (Phi) is 6.00. The van der Waals surface area contributed by atoms with E-state index >= 15 is 0 Å². The van der Waals surface area contributed by atoms with Gasteiger partial charge in [0.15, 0.2) is 0 Å². The summed E-state index contributed by atoms with van der Waals surface area (Å²) in [6.07, 6.45) is 7.42. The van der Waals surface area contributed by atoms with Crippen LogP contribution in [0.5, 0.6) is 0 Å². The van der Waals surface area contributed by atoms with E-state index in [-0.39, 0.29) is 0 Å². The smallest absolute Gasteiger partial charge is 0.0270 e. The molecule has 1 aromatic carbocycles. The van der Waals surface area contributed by atoms with Crippen molar-refractivity contribution in [1.29, 1.82) is 0 Å². The number of likely N-dealkylation sites (N-methyl/N-ethyl adjacent to an activating group) is 1. The monoisotopic (exact) mass is 323 g/mol. The molecule has 128 valence electrons. The molecular weight excluding hydrogens is 294 g/mol. The predicted molar refractivity (Wildman–Crippen MR) is 99.9 cm³/mol. The van der Waals surface area contributed by atoms with Crippen molar-refractivity contribution in [3.8, 4) is 0 Å². The summed E-state index contributed by atoms with van der Waals surface area (Å²) in [6.45, 7) is 5.78. The number of benzene rings is 1. The summed E-state index contributed by atoms with van der Waals surface area (Å²) in [6, 6.07) is 16.4. The summed E-state index contributed by atoms with van der Waals surface area (Å²) >= 11 is 0. The molecule has 0 saturated carbocycles. The summed E-state index contributed by atoms with van der Waals surface area (Å²) in [5.74, 6) is 0. The standard InChI is InChI=1S/C21H29N3/c1-18-16-21(23(2)14-10-19-8-12-22-13-9-19)11-15-24(18)17-20-6-4-3-5-7-20/h3-9,12-13,18,21H,10-11,14-17H2,1-2H3/t18-,21+/m1/s1. The molecule has 0 unspecified atom stereocenters. The minimum Gasteiger partial charge on any atom is -0.303 e. The van der Waals surface area contributed by atoms with E-state index in [2.05, 4.69) is 71.2 Å². The zero-order valence-electron chi connectivity index (χ0n) is 14.9. The van der Waals surface area contributed by atoms with Gasteiger partial charge in [-0.2, -0.15) is 0 Å². The normalized spacial score (nSPS) is 22.0. The Morgan fingerprint density at radius 1 is 1.08 bits per heavy atom. The fraction of sp³-hybridized carbons (Fsp3) is 0.476. The van der Waals surface area contributed by atoms with Gasteiger partial charge in [-0.05, 0) is 56.5 Å². The highest BCUT2D eigenvalue weighted by Gasteiger charge is 2.27. The SMILES string of the molecule is C[C@@H]1C[C@@H](N(C)CCc2ccncc2)CCN1Cc1ccccc1. The van der Waals surface area contributed by atoms with Crippen LogP contribution in [0.25, 0.3) is 0 Å². The average Bonchev–Trinajstić information content (AvgIpc) is 2.63. The molecule has 0 amide bonds. The van der Waals surface area contributed by atoms with E-state index in [1.54, 1.807) is 0 Å². The second-order valence-corrected chi connectivity index (χ2v) is 7.07. The number of nitrogens with zero attached hydrogens (tertiary/aromatic N) is 3. The quantitative estimate of drug-likeness (QED) is 0.809. The van der Waals surface area contributed by atoms with Crippen LogP contribution < -0.4 is 0 Å². The lowest BCUT2D eigenvalue weighted by Crippen LogP contribution is -2.47. The molecule has 0 N–H and O–H groups in total. The number of hydrogen-bond acceptors (Lipinski definition) is 3. The molecule has 0 spiro atoms. The number of rotatable bonds is 6. The van der Waals surface area contributed by atoms with E-state index in [1.807, 2.05) is 12.4 Å². The molecule has 0 bridgehead atoms. The van der Waals surface area contributed by atoms with Gasteiger partial charge in [0, 0.05) is 44.1 Å². The molecule has 1 aromatic heterocycles. The first-order valence-corrected chi connectivity index (χ1v) is 9.09. The second kappa shape index (κ2) is 8.41. The third-order valence-electron chi connectivity index (χ3n) is 5.34. The topological polar surface area (TPSA) is 19.4 Å². The highest BCUT2D eigenvalue weighted by atomic mass is 15.2. The van der Waals surface area contributed by atoms with Crippen molar-refractivity contribution in [1.82, 2.24) is 14.8 Å². The van der Waals surface area contributed by atoms with Crippen molar-refractivity contribution >= 4 is 0 Å². The lowest BCUT2D eigenvalue weighted by molar-refractivity contribution is 0.0809. The lowest BCUT2D eigenvalue weighted by Gasteiger charge is -2.41. The molecule has 0 aliphatic carbocycles. The Labute approximate surface area is 146 Å². The van der Waals surface area contributed by atoms with Gasteiger partial charge in [0.1, 0.15) is 0 Å². The molecule has 2 aromatic rings. The van der Waals surface area contributed by atoms with Crippen molar-refractivity contribution in [2.24, 2.45) is 0 Å². The van der Waals surface area contributed by atoms with Crippen molar-refractivity contribution in [3.63, 3.8) is 0 Å². The van der Waals surface area contributed by atoms with Gasteiger partial charge >= 0.3 is 0 Å². The molecule has 2 heterocycles. The lowest BCUT2D eigenvalue weighted by atomic mass is 9.96. The van der Waals surface area contributed by atoms with Crippen LogP contribution in [0.1, 0.15) is 30.9 Å². The highest BCUT2D eigenvalue weighted by molar-refractivity contribution is 5.15. The van der Waals surface area contributed by atoms with Crippen LogP contribution in [-0.2, 0) is 13.0 Å². The fourth-order valence-electron chi connectivity index (χ4n) is 3.69. The average molecular weight is 323 g/mol. The predicted octanol–water partition coefficient (Wildman–Crippen LogP) is 3.61. The summed E-state index contributed by atoms with van der Waals surface area (Å²) in [4.78, 5) is 9.28. The van der Waals surface area contributed by atoms with Gasteiger partial charge in [-0.25, -0.2) is 0 Å². The van der Waals surface area contributed by atoms with E-state index < -0.39 is 0 Å². The molecule has 1 aliphatic rings. The largest absolute Gasteiger partial charge is 0.303 e. The Morgan fingerprint density at radius 3 is 2.54 bits per heavy atom. The fourth-order valence-corrected chi connectivity index (χ4v) is 3.69. The van der Waals surface area contributed by atoms with E-state index in [4.69, 9.17) is 0 Å². The van der Waals surface area contributed by atoms with Crippen LogP contribution in [0.3, 0.4) is 0 Å². The number of pyridine rings is 1. The van der Waals surface area contributed by atoms with Gasteiger partial charge in [-0.1, -0.05) is 30.3 Å². The van der Waals surface area contributed by atoms with Crippen LogP contribution in [0.4, 0.5) is 0 Å². The molecule has 24 heavy (non-hydrogen) atoms. The molecule has 2 atom stereocenters. The maximum absolute atomic E-state index is 4.10. The van der Waals surface area contributed by atoms with Crippen LogP contribution in [-0.4, -0.2) is 47.0 Å². The zero-order valence-corrected chi connectivity index (χ0v) is 14.9. The van der Waals surface area contributed by atoms with E-state index in [0.29, 0.717) is 12.1 Å². The molecule has 3 rings (SSSR count). The minimum atomic E-state index is 0.646. The Balaban J connectivity index is 1.47. The molecule has 0 radical (unpaired) electrons. The summed E-state index contributed by atoms with van der Waals surface area (Å²) in [7, 11) is 2.28. The van der Waals surface area contributed by atoms with Gasteiger partial charge in [0.25, 0.3) is 0 Å². The van der Waals surface area contributed by atoms with Crippen LogP contribution in [0.15, 0.2) is 54.9 Å². The first-order chi connectivity index (χ1) is 11.7. The molecular formula is C21H29N3. The first kappa shape index (κ1) is 17.1. The molecule has 1 saturated heterocycles. The van der Waals surface area contributed by atoms with Gasteiger partial charge in [-0.15, -0.1) is 0 Å². The van der Waals surface area contributed by atoms with Gasteiger partial charge < -0.3 is 4.90 Å². The van der Waals surface area contributed by atoms with Crippen molar-refractivity contribution < 1.29 is 0 Å². The number of piperidine rings is 1. The molecule has 1 fully saturated rings. The maximum Gasteiger partial charge on any atom is 0.0270 e. The minimum absolute atomic E-state index is 0.646. The molecule has 3 heteroatoms. The Bertz CT molecular complexity index is 599. The third-order valence-corrected chi connectivity index (χ3v) is 5.34. The first-order valence-electron chi connectivity index (χ1n) is 9.09. The second-order valence-electron chi connectivity index (χ2n) is 7.07. The number of likely N-dealkylation sites (tertiary alicyclic amines) is 1. The van der Waals surface area contributed by atoms with Crippen molar-refractivity contribution in [2.75, 3.05) is 20.1 Å². The van der Waals surface area contributed by atoms with Crippen molar-refractivity contribution in [3.05, 3.63) is 66.0 Å². The van der Waals surface area contributed by atoms with Crippen LogP contribution in [0.2, 0.25) is 0 Å². The van der Waals surface area contributed by atoms with E-state index in [9.17, 15) is 0 Å². The van der Waals surface area contributed by atoms with Crippen LogP contribution >= 0.6 is 0 Å². The third kappa shape index (κ3) is 4.65. The molecule has 1 aliphatic heterocycles. The van der Waals surface area contributed by atoms with Gasteiger partial charge in [0.05, 0.1) is 0 Å². The van der Waals surface area contributed by atoms with Crippen LogP contribution in [0, 0.1) is 0 Å². The van der Waals surface area contributed by atoms with Gasteiger partial charge in [-0.3, -0.25) is 9.88 Å². The zero-order chi connectivity index (χ0) is 16.8. The van der Waals surface area contributed by atoms with Crippen molar-refractivity contribution in [2.45, 2.75) is 44.8 Å². The Hall–Kier alpha value is -1.71. The number of hydrogen-bond donors (Lipinski definition) is 0. The highest BCUT2D eigenvalue weighted by Crippen LogP contribution is 2.23. The molecule has 3 nitrogen and oxygen atoms in total.